The number of hydrogen-bond donors (Lipinski definition) is 1. The van der Waals surface area contributed by atoms with Gasteiger partial charge >= 0.3 is 0 Å². The van der Waals surface area contributed by atoms with E-state index in [2.05, 4.69) is 52.1 Å². The SMILES string of the molecule is COc1cc(C)cc(C)c1CCCNC(C)(C)C. The Balaban J connectivity index is 2.62. The fourth-order valence-corrected chi connectivity index (χ4v) is 2.19. The van der Waals surface area contributed by atoms with Crippen LogP contribution in [0.3, 0.4) is 0 Å². The zero-order valence-corrected chi connectivity index (χ0v) is 12.7. The van der Waals surface area contributed by atoms with Crippen LogP contribution in [-0.2, 0) is 6.42 Å². The fraction of sp³-hybridized carbons (Fsp3) is 0.625. The molecule has 0 aromatic heterocycles. The van der Waals surface area contributed by atoms with Crippen LogP contribution in [-0.4, -0.2) is 19.2 Å². The van der Waals surface area contributed by atoms with Gasteiger partial charge < -0.3 is 10.1 Å². The Bertz CT molecular complexity index is 391. The summed E-state index contributed by atoms with van der Waals surface area (Å²) in [5, 5.41) is 3.52. The molecule has 0 saturated carbocycles. The van der Waals surface area contributed by atoms with Crippen LogP contribution in [0.15, 0.2) is 12.1 Å². The van der Waals surface area contributed by atoms with Crippen LogP contribution >= 0.6 is 0 Å². The van der Waals surface area contributed by atoms with E-state index in [1.807, 2.05) is 0 Å². The minimum Gasteiger partial charge on any atom is -0.496 e. The molecule has 0 aliphatic heterocycles. The maximum Gasteiger partial charge on any atom is 0.122 e. The highest BCUT2D eigenvalue weighted by Crippen LogP contribution is 2.25. The first kappa shape index (κ1) is 15.0. The molecule has 1 rings (SSSR count). The van der Waals surface area contributed by atoms with Gasteiger partial charge in [0.05, 0.1) is 7.11 Å². The Morgan fingerprint density at radius 1 is 1.17 bits per heavy atom. The molecule has 0 bridgehead atoms. The zero-order chi connectivity index (χ0) is 13.8. The van der Waals surface area contributed by atoms with E-state index in [4.69, 9.17) is 4.74 Å². The van der Waals surface area contributed by atoms with Crippen molar-refractivity contribution in [1.82, 2.24) is 5.32 Å². The number of benzene rings is 1. The predicted molar refractivity (Wildman–Crippen MR) is 78.5 cm³/mol. The minimum atomic E-state index is 0.201. The van der Waals surface area contributed by atoms with E-state index in [0.29, 0.717) is 0 Å². The maximum absolute atomic E-state index is 5.48. The molecular formula is C16H27NO. The van der Waals surface area contributed by atoms with E-state index in [0.717, 1.165) is 25.1 Å². The third-order valence-corrected chi connectivity index (χ3v) is 3.06. The van der Waals surface area contributed by atoms with Crippen LogP contribution < -0.4 is 10.1 Å². The number of ether oxygens (including phenoxy) is 1. The van der Waals surface area contributed by atoms with Crippen LogP contribution in [0, 0.1) is 13.8 Å². The van der Waals surface area contributed by atoms with E-state index in [9.17, 15) is 0 Å². The van der Waals surface area contributed by atoms with Crippen molar-refractivity contribution in [3.8, 4) is 5.75 Å². The third-order valence-electron chi connectivity index (χ3n) is 3.06. The molecule has 0 fully saturated rings. The van der Waals surface area contributed by atoms with Crippen LogP contribution in [0.2, 0.25) is 0 Å². The summed E-state index contributed by atoms with van der Waals surface area (Å²) in [7, 11) is 1.76. The van der Waals surface area contributed by atoms with Gasteiger partial charge in [-0.3, -0.25) is 0 Å². The molecule has 0 heterocycles. The number of methoxy groups -OCH3 is 1. The van der Waals surface area contributed by atoms with Gasteiger partial charge in [0, 0.05) is 5.54 Å². The molecular weight excluding hydrogens is 222 g/mol. The number of aryl methyl sites for hydroxylation is 2. The Labute approximate surface area is 112 Å². The van der Waals surface area contributed by atoms with Crippen molar-refractivity contribution in [1.29, 1.82) is 0 Å². The molecule has 2 heteroatoms. The molecule has 0 aliphatic carbocycles. The second-order valence-electron chi connectivity index (χ2n) is 6.04. The Morgan fingerprint density at radius 3 is 2.39 bits per heavy atom. The number of nitrogens with one attached hydrogen (secondary N) is 1. The van der Waals surface area contributed by atoms with Gasteiger partial charge in [-0.1, -0.05) is 6.07 Å². The molecule has 2 nitrogen and oxygen atoms in total. The van der Waals surface area contributed by atoms with Crippen LogP contribution in [0.5, 0.6) is 5.75 Å². The van der Waals surface area contributed by atoms with Gasteiger partial charge in [-0.2, -0.15) is 0 Å². The Hall–Kier alpha value is -1.02. The summed E-state index contributed by atoms with van der Waals surface area (Å²) in [6.45, 7) is 11.9. The highest BCUT2D eigenvalue weighted by molar-refractivity contribution is 5.43. The molecule has 18 heavy (non-hydrogen) atoms. The second kappa shape index (κ2) is 6.24. The van der Waals surface area contributed by atoms with Gasteiger partial charge in [0.2, 0.25) is 0 Å². The Kier molecular flexibility index (Phi) is 5.21. The molecule has 0 radical (unpaired) electrons. The van der Waals surface area contributed by atoms with Crippen LogP contribution in [0.4, 0.5) is 0 Å². The highest BCUT2D eigenvalue weighted by atomic mass is 16.5. The summed E-state index contributed by atoms with van der Waals surface area (Å²) in [5.41, 5.74) is 4.15. The second-order valence-corrected chi connectivity index (χ2v) is 6.04. The lowest BCUT2D eigenvalue weighted by Crippen LogP contribution is -2.36. The van der Waals surface area contributed by atoms with Gasteiger partial charge in [-0.05, 0) is 76.8 Å². The molecule has 102 valence electrons. The predicted octanol–water partition coefficient (Wildman–Crippen LogP) is 3.63. The smallest absolute Gasteiger partial charge is 0.122 e. The molecule has 1 aromatic rings. The average Bonchev–Trinajstić information content (AvgIpc) is 2.24. The molecule has 0 aliphatic rings. The monoisotopic (exact) mass is 249 g/mol. The average molecular weight is 249 g/mol. The van der Waals surface area contributed by atoms with Crippen molar-refractivity contribution in [2.45, 2.75) is 53.0 Å². The van der Waals surface area contributed by atoms with Crippen molar-refractivity contribution < 1.29 is 4.74 Å². The first-order chi connectivity index (χ1) is 8.33. The summed E-state index contributed by atoms with van der Waals surface area (Å²) in [5.74, 6) is 1.03. The van der Waals surface area contributed by atoms with E-state index in [1.54, 1.807) is 7.11 Å². The molecule has 1 N–H and O–H groups in total. The maximum atomic E-state index is 5.48. The standard InChI is InChI=1S/C16H27NO/c1-12-10-13(2)14(15(11-12)18-6)8-7-9-17-16(3,4)5/h10-11,17H,7-9H2,1-6H3. The molecule has 1 aromatic carbocycles. The van der Waals surface area contributed by atoms with E-state index in [1.165, 1.54) is 16.7 Å². The molecule has 0 spiro atoms. The Morgan fingerprint density at radius 2 is 1.83 bits per heavy atom. The van der Waals surface area contributed by atoms with Gasteiger partial charge in [0.1, 0.15) is 5.75 Å². The first-order valence-electron chi connectivity index (χ1n) is 6.72. The van der Waals surface area contributed by atoms with E-state index < -0.39 is 0 Å². The lowest BCUT2D eigenvalue weighted by Gasteiger charge is -2.21. The van der Waals surface area contributed by atoms with Crippen molar-refractivity contribution in [3.05, 3.63) is 28.8 Å². The molecule has 0 atom stereocenters. The largest absolute Gasteiger partial charge is 0.496 e. The van der Waals surface area contributed by atoms with Crippen LogP contribution in [0.25, 0.3) is 0 Å². The van der Waals surface area contributed by atoms with E-state index >= 15 is 0 Å². The number of hydrogen-bond acceptors (Lipinski definition) is 2. The normalized spacial score (nSPS) is 11.7. The summed E-state index contributed by atoms with van der Waals surface area (Å²) in [4.78, 5) is 0. The fourth-order valence-electron chi connectivity index (χ4n) is 2.19. The van der Waals surface area contributed by atoms with Gasteiger partial charge in [0.15, 0.2) is 0 Å². The summed E-state index contributed by atoms with van der Waals surface area (Å²) in [6, 6.07) is 4.36. The van der Waals surface area contributed by atoms with E-state index in [-0.39, 0.29) is 5.54 Å². The quantitative estimate of drug-likeness (QED) is 0.805. The molecule has 0 amide bonds. The van der Waals surface area contributed by atoms with Crippen molar-refractivity contribution in [2.24, 2.45) is 0 Å². The third kappa shape index (κ3) is 4.69. The summed E-state index contributed by atoms with van der Waals surface area (Å²) >= 11 is 0. The number of rotatable bonds is 5. The summed E-state index contributed by atoms with van der Waals surface area (Å²) in [6.07, 6.45) is 2.20. The van der Waals surface area contributed by atoms with Crippen molar-refractivity contribution in [2.75, 3.05) is 13.7 Å². The molecule has 0 saturated heterocycles. The first-order valence-corrected chi connectivity index (χ1v) is 6.72. The van der Waals surface area contributed by atoms with Gasteiger partial charge in [0.25, 0.3) is 0 Å². The van der Waals surface area contributed by atoms with Gasteiger partial charge in [-0.15, -0.1) is 0 Å². The zero-order valence-electron chi connectivity index (χ0n) is 12.7. The highest BCUT2D eigenvalue weighted by Gasteiger charge is 2.10. The lowest BCUT2D eigenvalue weighted by molar-refractivity contribution is 0.403. The van der Waals surface area contributed by atoms with Gasteiger partial charge in [-0.25, -0.2) is 0 Å². The lowest BCUT2D eigenvalue weighted by atomic mass is 10.00. The molecule has 0 unspecified atom stereocenters. The topological polar surface area (TPSA) is 21.3 Å². The van der Waals surface area contributed by atoms with Crippen molar-refractivity contribution in [3.63, 3.8) is 0 Å². The summed E-state index contributed by atoms with van der Waals surface area (Å²) < 4.78 is 5.48. The minimum absolute atomic E-state index is 0.201. The van der Waals surface area contributed by atoms with Crippen LogP contribution in [0.1, 0.15) is 43.9 Å². The van der Waals surface area contributed by atoms with Crippen molar-refractivity contribution >= 4 is 0 Å².